The van der Waals surface area contributed by atoms with Crippen LogP contribution in [-0.2, 0) is 7.05 Å². The maximum Gasteiger partial charge on any atom is 0.165 e. The average molecular weight is 366 g/mol. The van der Waals surface area contributed by atoms with Gasteiger partial charge >= 0.3 is 0 Å². The van der Waals surface area contributed by atoms with Gasteiger partial charge in [-0.2, -0.15) is 5.10 Å². The minimum absolute atomic E-state index is 0.0546. The molecule has 0 unspecified atom stereocenters. The summed E-state index contributed by atoms with van der Waals surface area (Å²) in [5.74, 6) is 1.56. The van der Waals surface area contributed by atoms with Gasteiger partial charge in [-0.25, -0.2) is 9.97 Å². The zero-order valence-corrected chi connectivity index (χ0v) is 16.0. The van der Waals surface area contributed by atoms with E-state index >= 15 is 0 Å². The number of hydrogen-bond acceptors (Lipinski definition) is 6. The van der Waals surface area contributed by atoms with Gasteiger partial charge in [0.05, 0.1) is 18.2 Å². The minimum atomic E-state index is -0.0546. The number of nitrogens with zero attached hydrogens (tertiary/aromatic N) is 6. The molecule has 7 heteroatoms. The Balaban J connectivity index is 1.81. The lowest BCUT2D eigenvalue weighted by Crippen LogP contribution is -2.45. The number of piperidine rings is 1. The molecule has 27 heavy (non-hydrogen) atoms. The summed E-state index contributed by atoms with van der Waals surface area (Å²) in [5, 5.41) is 15.5. The molecule has 1 aliphatic rings. The van der Waals surface area contributed by atoms with E-state index in [1.807, 2.05) is 25.4 Å². The molecule has 3 aromatic rings. The van der Waals surface area contributed by atoms with Crippen molar-refractivity contribution in [2.45, 2.75) is 32.6 Å². The van der Waals surface area contributed by atoms with Crippen molar-refractivity contribution >= 4 is 16.9 Å². The number of aromatic nitrogens is 5. The summed E-state index contributed by atoms with van der Waals surface area (Å²) in [4.78, 5) is 16.1. The molecule has 4 heterocycles. The largest absolute Gasteiger partial charge is 0.396 e. The molecule has 1 fully saturated rings. The first-order valence-electron chi connectivity index (χ1n) is 9.62. The van der Waals surface area contributed by atoms with Crippen LogP contribution < -0.4 is 4.90 Å². The van der Waals surface area contributed by atoms with Crippen molar-refractivity contribution in [2.24, 2.45) is 12.5 Å². The summed E-state index contributed by atoms with van der Waals surface area (Å²) in [6.07, 6.45) is 9.58. The smallest absolute Gasteiger partial charge is 0.165 e. The van der Waals surface area contributed by atoms with Crippen molar-refractivity contribution < 1.29 is 5.11 Å². The Bertz CT molecular complexity index is 921. The van der Waals surface area contributed by atoms with E-state index in [4.69, 9.17) is 9.97 Å². The first kappa shape index (κ1) is 17.9. The summed E-state index contributed by atoms with van der Waals surface area (Å²) in [6.45, 7) is 4.14. The van der Waals surface area contributed by atoms with Crippen LogP contribution in [0.15, 0.2) is 30.7 Å². The van der Waals surface area contributed by atoms with E-state index in [9.17, 15) is 5.11 Å². The number of aryl methyl sites for hydroxylation is 1. The van der Waals surface area contributed by atoms with E-state index in [1.54, 1.807) is 17.1 Å². The number of hydrogen-bond donors (Lipinski definition) is 1. The maximum absolute atomic E-state index is 10.1. The van der Waals surface area contributed by atoms with Gasteiger partial charge in [-0.3, -0.25) is 9.67 Å². The molecular formula is C20H26N6O. The topological polar surface area (TPSA) is 80.0 Å². The normalized spacial score (nSPS) is 20.3. The first-order valence-corrected chi connectivity index (χ1v) is 9.62. The molecule has 0 saturated carbocycles. The Morgan fingerprint density at radius 1 is 1.26 bits per heavy atom. The molecule has 3 aromatic heterocycles. The Labute approximate surface area is 159 Å². The number of aliphatic hydroxyl groups is 1. The summed E-state index contributed by atoms with van der Waals surface area (Å²) in [5.41, 5.74) is 1.65. The lowest BCUT2D eigenvalue weighted by molar-refractivity contribution is 0.0953. The van der Waals surface area contributed by atoms with Crippen molar-refractivity contribution in [3.8, 4) is 11.4 Å². The molecule has 0 amide bonds. The Morgan fingerprint density at radius 2 is 2.15 bits per heavy atom. The monoisotopic (exact) mass is 366 g/mol. The molecule has 0 spiro atoms. The Morgan fingerprint density at radius 3 is 2.89 bits per heavy atom. The fourth-order valence-electron chi connectivity index (χ4n) is 4.20. The first-order chi connectivity index (χ1) is 13.2. The third-order valence-electron chi connectivity index (χ3n) is 5.57. The minimum Gasteiger partial charge on any atom is -0.396 e. The molecule has 4 rings (SSSR count). The molecule has 7 nitrogen and oxygen atoms in total. The van der Waals surface area contributed by atoms with Gasteiger partial charge in [0.25, 0.3) is 0 Å². The lowest BCUT2D eigenvalue weighted by atomic mass is 9.77. The molecular weight excluding hydrogens is 340 g/mol. The third-order valence-corrected chi connectivity index (χ3v) is 5.57. The van der Waals surface area contributed by atoms with E-state index in [0.717, 1.165) is 61.2 Å². The molecule has 0 aliphatic carbocycles. The summed E-state index contributed by atoms with van der Waals surface area (Å²) >= 11 is 0. The van der Waals surface area contributed by atoms with E-state index < -0.39 is 0 Å². The van der Waals surface area contributed by atoms with Crippen molar-refractivity contribution in [2.75, 3.05) is 24.6 Å². The van der Waals surface area contributed by atoms with Gasteiger partial charge in [0.1, 0.15) is 5.82 Å². The molecule has 0 radical (unpaired) electrons. The Kier molecular flexibility index (Phi) is 4.78. The molecule has 1 aliphatic heterocycles. The highest BCUT2D eigenvalue weighted by Crippen LogP contribution is 2.37. The fraction of sp³-hybridized carbons (Fsp3) is 0.500. The van der Waals surface area contributed by atoms with Crippen LogP contribution in [0.1, 0.15) is 32.6 Å². The highest BCUT2D eigenvalue weighted by molar-refractivity contribution is 5.88. The number of fused-ring (bicyclic) bond motifs is 1. The summed E-state index contributed by atoms with van der Waals surface area (Å²) in [6, 6.07) is 3.87. The zero-order valence-electron chi connectivity index (χ0n) is 16.0. The van der Waals surface area contributed by atoms with Crippen molar-refractivity contribution in [1.29, 1.82) is 0 Å². The third kappa shape index (κ3) is 3.27. The highest BCUT2D eigenvalue weighted by atomic mass is 16.3. The predicted molar refractivity (Wildman–Crippen MR) is 105 cm³/mol. The molecule has 0 bridgehead atoms. The fourth-order valence-corrected chi connectivity index (χ4v) is 4.20. The summed E-state index contributed by atoms with van der Waals surface area (Å²) in [7, 11) is 1.90. The molecule has 1 atom stereocenters. The highest BCUT2D eigenvalue weighted by Gasteiger charge is 2.35. The second-order valence-corrected chi connectivity index (χ2v) is 7.55. The SMILES string of the molecule is CCC[C@@]1(CO)CCCN(c2nc(-c3cccnc3)nc3c2cnn3C)C1. The number of rotatable bonds is 5. The van der Waals surface area contributed by atoms with Gasteiger partial charge in [0, 0.05) is 43.5 Å². The van der Waals surface area contributed by atoms with Crippen LogP contribution in [-0.4, -0.2) is 49.5 Å². The van der Waals surface area contributed by atoms with Crippen LogP contribution in [0.3, 0.4) is 0 Å². The Hall–Kier alpha value is -2.54. The quantitative estimate of drug-likeness (QED) is 0.748. The van der Waals surface area contributed by atoms with Crippen LogP contribution in [0.4, 0.5) is 5.82 Å². The van der Waals surface area contributed by atoms with Crippen LogP contribution in [0.5, 0.6) is 0 Å². The van der Waals surface area contributed by atoms with Gasteiger partial charge in [-0.05, 0) is 31.4 Å². The van der Waals surface area contributed by atoms with Crippen molar-refractivity contribution in [1.82, 2.24) is 24.7 Å². The van der Waals surface area contributed by atoms with Gasteiger partial charge < -0.3 is 10.0 Å². The second-order valence-electron chi connectivity index (χ2n) is 7.55. The average Bonchev–Trinajstić information content (AvgIpc) is 3.09. The van der Waals surface area contributed by atoms with Gasteiger partial charge in [-0.15, -0.1) is 0 Å². The molecule has 0 aromatic carbocycles. The number of pyridine rings is 1. The summed E-state index contributed by atoms with van der Waals surface area (Å²) < 4.78 is 1.79. The van der Waals surface area contributed by atoms with Crippen LogP contribution >= 0.6 is 0 Å². The van der Waals surface area contributed by atoms with Crippen LogP contribution in [0.2, 0.25) is 0 Å². The number of aliphatic hydroxyl groups excluding tert-OH is 1. The second kappa shape index (κ2) is 7.23. The van der Waals surface area contributed by atoms with Gasteiger partial charge in [-0.1, -0.05) is 13.3 Å². The maximum atomic E-state index is 10.1. The van der Waals surface area contributed by atoms with Crippen LogP contribution in [0.25, 0.3) is 22.4 Å². The van der Waals surface area contributed by atoms with E-state index in [2.05, 4.69) is 21.9 Å². The molecule has 1 N–H and O–H groups in total. The molecule has 142 valence electrons. The molecule has 1 saturated heterocycles. The van der Waals surface area contributed by atoms with E-state index in [0.29, 0.717) is 5.82 Å². The predicted octanol–water partition coefficient (Wildman–Crippen LogP) is 2.80. The van der Waals surface area contributed by atoms with E-state index in [-0.39, 0.29) is 12.0 Å². The lowest BCUT2D eigenvalue weighted by Gasteiger charge is -2.42. The van der Waals surface area contributed by atoms with Crippen molar-refractivity contribution in [3.05, 3.63) is 30.7 Å². The van der Waals surface area contributed by atoms with Gasteiger partial charge in [0.15, 0.2) is 11.5 Å². The van der Waals surface area contributed by atoms with Crippen LogP contribution in [0, 0.1) is 5.41 Å². The standard InChI is InChI=1S/C20H26N6O/c1-3-7-20(14-27)8-5-10-26(13-20)19-16-12-22-25(2)18(16)23-17(24-19)15-6-4-9-21-11-15/h4,6,9,11-12,27H,3,5,7-8,10,13-14H2,1-2H3/t20-/m1/s1. The van der Waals surface area contributed by atoms with Crippen molar-refractivity contribution in [3.63, 3.8) is 0 Å². The zero-order chi connectivity index (χ0) is 18.9. The van der Waals surface area contributed by atoms with Gasteiger partial charge in [0.2, 0.25) is 0 Å². The van der Waals surface area contributed by atoms with E-state index in [1.165, 1.54) is 0 Å². The number of anilines is 1.